The average Bonchev–Trinajstić information content (AvgIpc) is 3.15. The molecule has 28 heavy (non-hydrogen) atoms. The van der Waals surface area contributed by atoms with Gasteiger partial charge in [0.05, 0.1) is 25.0 Å². The molecule has 3 rings (SSSR count). The number of benzene rings is 2. The van der Waals surface area contributed by atoms with Crippen molar-refractivity contribution < 1.29 is 22.5 Å². The molecule has 0 atom stereocenters. The van der Waals surface area contributed by atoms with Crippen molar-refractivity contribution in [1.82, 2.24) is 14.9 Å². The molecular formula is C18H16ClN3O5S. The quantitative estimate of drug-likeness (QED) is 0.584. The molecule has 3 aromatic rings. The Hall–Kier alpha value is -2.75. The number of halogens is 1. The van der Waals surface area contributed by atoms with Crippen LogP contribution in [0.4, 0.5) is 0 Å². The average molecular weight is 422 g/mol. The first-order valence-corrected chi connectivity index (χ1v) is 10.1. The van der Waals surface area contributed by atoms with E-state index in [4.69, 9.17) is 16.1 Å². The molecule has 8 nitrogen and oxygen atoms in total. The van der Waals surface area contributed by atoms with Crippen LogP contribution in [0.25, 0.3) is 11.4 Å². The molecular weight excluding hydrogens is 406 g/mol. The molecule has 0 spiro atoms. The van der Waals surface area contributed by atoms with Crippen LogP contribution < -0.4 is 4.72 Å². The molecule has 0 unspecified atom stereocenters. The van der Waals surface area contributed by atoms with Gasteiger partial charge in [-0.1, -0.05) is 41.0 Å². The molecule has 1 aromatic heterocycles. The van der Waals surface area contributed by atoms with Gasteiger partial charge in [0.1, 0.15) is 0 Å². The number of hydrogen-bond acceptors (Lipinski definition) is 7. The summed E-state index contributed by atoms with van der Waals surface area (Å²) in [6.45, 7) is -0.143. The van der Waals surface area contributed by atoms with Crippen molar-refractivity contribution in [1.29, 1.82) is 0 Å². The van der Waals surface area contributed by atoms with E-state index in [-0.39, 0.29) is 18.2 Å². The Labute approximate surface area is 166 Å². The van der Waals surface area contributed by atoms with Gasteiger partial charge in [-0.2, -0.15) is 4.98 Å². The highest BCUT2D eigenvalue weighted by Crippen LogP contribution is 2.20. The number of aromatic nitrogens is 2. The highest BCUT2D eigenvalue weighted by molar-refractivity contribution is 7.88. The van der Waals surface area contributed by atoms with Crippen molar-refractivity contribution in [2.24, 2.45) is 0 Å². The summed E-state index contributed by atoms with van der Waals surface area (Å²) in [5, 5.41) is 4.35. The van der Waals surface area contributed by atoms with E-state index in [2.05, 4.69) is 19.6 Å². The predicted octanol–water partition coefficient (Wildman–Crippen LogP) is 2.80. The zero-order valence-corrected chi connectivity index (χ0v) is 16.3. The van der Waals surface area contributed by atoms with E-state index in [0.717, 1.165) is 0 Å². The summed E-state index contributed by atoms with van der Waals surface area (Å²) < 4.78 is 36.6. The Morgan fingerprint density at radius 3 is 2.64 bits per heavy atom. The Morgan fingerprint density at radius 2 is 1.96 bits per heavy atom. The number of carbonyl (C=O) groups is 1. The number of hydrogen-bond donors (Lipinski definition) is 1. The lowest BCUT2D eigenvalue weighted by atomic mass is 10.1. The van der Waals surface area contributed by atoms with E-state index in [0.29, 0.717) is 27.5 Å². The minimum Gasteiger partial charge on any atom is -0.465 e. The van der Waals surface area contributed by atoms with Crippen molar-refractivity contribution in [3.8, 4) is 11.4 Å². The number of methoxy groups -OCH3 is 1. The van der Waals surface area contributed by atoms with Crippen molar-refractivity contribution in [2.75, 3.05) is 7.11 Å². The molecule has 2 aromatic carbocycles. The van der Waals surface area contributed by atoms with Gasteiger partial charge in [-0.3, -0.25) is 0 Å². The summed E-state index contributed by atoms with van der Waals surface area (Å²) in [6, 6.07) is 13.0. The second-order valence-corrected chi connectivity index (χ2v) is 8.03. The fourth-order valence-corrected chi connectivity index (χ4v) is 3.64. The van der Waals surface area contributed by atoms with E-state index >= 15 is 0 Å². The number of ether oxygens (including phenoxy) is 1. The molecule has 0 radical (unpaired) electrons. The topological polar surface area (TPSA) is 111 Å². The second-order valence-electron chi connectivity index (χ2n) is 5.79. The third-order valence-electron chi connectivity index (χ3n) is 3.73. The van der Waals surface area contributed by atoms with Crippen molar-refractivity contribution >= 4 is 27.6 Å². The molecule has 0 bridgehead atoms. The van der Waals surface area contributed by atoms with Gasteiger partial charge in [0.25, 0.3) is 0 Å². The van der Waals surface area contributed by atoms with Crippen LogP contribution in [0.2, 0.25) is 5.02 Å². The molecule has 146 valence electrons. The van der Waals surface area contributed by atoms with Crippen LogP contribution in [0.3, 0.4) is 0 Å². The smallest absolute Gasteiger partial charge is 0.337 e. The number of nitrogens with zero attached hydrogens (tertiary/aromatic N) is 2. The van der Waals surface area contributed by atoms with Gasteiger partial charge in [0.2, 0.25) is 21.7 Å². The van der Waals surface area contributed by atoms with Crippen molar-refractivity contribution in [2.45, 2.75) is 12.3 Å². The SMILES string of the molecule is COC(=O)c1ccc(CS(=O)(=O)NCc2nc(-c3cccc(Cl)c3)no2)cc1. The number of rotatable bonds is 7. The second kappa shape index (κ2) is 8.51. The number of carbonyl (C=O) groups excluding carboxylic acids is 1. The zero-order chi connectivity index (χ0) is 20.1. The zero-order valence-electron chi connectivity index (χ0n) is 14.8. The highest BCUT2D eigenvalue weighted by atomic mass is 35.5. The van der Waals surface area contributed by atoms with Crippen LogP contribution in [0.1, 0.15) is 21.8 Å². The van der Waals surface area contributed by atoms with Gasteiger partial charge in [-0.25, -0.2) is 17.9 Å². The molecule has 1 heterocycles. The summed E-state index contributed by atoms with van der Waals surface area (Å²) in [4.78, 5) is 15.6. The van der Waals surface area contributed by atoms with Gasteiger partial charge in [0, 0.05) is 10.6 Å². The summed E-state index contributed by atoms with van der Waals surface area (Å²) in [5.41, 5.74) is 1.53. The lowest BCUT2D eigenvalue weighted by molar-refractivity contribution is 0.0600. The summed E-state index contributed by atoms with van der Waals surface area (Å²) >= 11 is 5.93. The molecule has 0 aliphatic heterocycles. The van der Waals surface area contributed by atoms with Crippen molar-refractivity contribution in [3.63, 3.8) is 0 Å². The Bertz CT molecular complexity index is 1080. The molecule has 0 aliphatic rings. The normalized spacial score (nSPS) is 11.4. The van der Waals surface area contributed by atoms with Crippen LogP contribution >= 0.6 is 11.6 Å². The lowest BCUT2D eigenvalue weighted by Gasteiger charge is -2.05. The first kappa shape index (κ1) is 20.0. The minimum absolute atomic E-state index is 0.125. The summed E-state index contributed by atoms with van der Waals surface area (Å²) in [6.07, 6.45) is 0. The first-order chi connectivity index (χ1) is 13.4. The van der Waals surface area contributed by atoms with Gasteiger partial charge < -0.3 is 9.26 Å². The summed E-state index contributed by atoms with van der Waals surface area (Å²) in [7, 11) is -2.37. The summed E-state index contributed by atoms with van der Waals surface area (Å²) in [5.74, 6) is -0.307. The van der Waals surface area contributed by atoms with Gasteiger partial charge in [0.15, 0.2) is 0 Å². The van der Waals surface area contributed by atoms with Gasteiger partial charge in [-0.05, 0) is 29.8 Å². The molecule has 0 fully saturated rings. The number of nitrogens with one attached hydrogen (secondary N) is 1. The minimum atomic E-state index is -3.65. The third kappa shape index (κ3) is 5.16. The molecule has 0 saturated heterocycles. The Balaban J connectivity index is 1.61. The van der Waals surface area contributed by atoms with Crippen LogP contribution in [0, 0.1) is 0 Å². The van der Waals surface area contributed by atoms with E-state index in [1.807, 2.05) is 0 Å². The number of sulfonamides is 1. The predicted molar refractivity (Wildman–Crippen MR) is 102 cm³/mol. The maximum atomic E-state index is 12.3. The van der Waals surface area contributed by atoms with Crippen LogP contribution in [0.5, 0.6) is 0 Å². The monoisotopic (exact) mass is 421 g/mol. The highest BCUT2D eigenvalue weighted by Gasteiger charge is 2.15. The lowest BCUT2D eigenvalue weighted by Crippen LogP contribution is -2.24. The van der Waals surface area contributed by atoms with E-state index in [1.165, 1.54) is 19.2 Å². The maximum Gasteiger partial charge on any atom is 0.337 e. The Morgan fingerprint density at radius 1 is 1.21 bits per heavy atom. The fraction of sp³-hybridized carbons (Fsp3) is 0.167. The van der Waals surface area contributed by atoms with Crippen molar-refractivity contribution in [3.05, 3.63) is 70.6 Å². The molecule has 0 saturated carbocycles. The maximum absolute atomic E-state index is 12.3. The van der Waals surface area contributed by atoms with Crippen LogP contribution in [-0.4, -0.2) is 31.6 Å². The standard InChI is InChI=1S/C18H16ClN3O5S/c1-26-18(23)13-7-5-12(6-8-13)11-28(24,25)20-10-16-21-17(22-27-16)14-3-2-4-15(19)9-14/h2-9,20H,10-11H2,1H3. The van der Waals surface area contributed by atoms with E-state index in [1.54, 1.807) is 36.4 Å². The van der Waals surface area contributed by atoms with E-state index in [9.17, 15) is 13.2 Å². The van der Waals surface area contributed by atoms with Gasteiger partial charge >= 0.3 is 5.97 Å². The molecule has 0 amide bonds. The molecule has 10 heteroatoms. The first-order valence-electron chi connectivity index (χ1n) is 8.09. The Kier molecular flexibility index (Phi) is 6.08. The third-order valence-corrected chi connectivity index (χ3v) is 5.26. The number of esters is 1. The fourth-order valence-electron chi connectivity index (χ4n) is 2.37. The van der Waals surface area contributed by atoms with Gasteiger partial charge in [-0.15, -0.1) is 0 Å². The molecule has 1 N–H and O–H groups in total. The molecule has 0 aliphatic carbocycles. The van der Waals surface area contributed by atoms with E-state index < -0.39 is 16.0 Å². The van der Waals surface area contributed by atoms with Crippen LogP contribution in [0.15, 0.2) is 53.1 Å². The van der Waals surface area contributed by atoms with Crippen LogP contribution in [-0.2, 0) is 27.1 Å². The largest absolute Gasteiger partial charge is 0.465 e.